The highest BCUT2D eigenvalue weighted by Gasteiger charge is 2.21. The minimum atomic E-state index is 0.677. The number of pyridine rings is 1. The molecule has 3 aromatic heterocycles. The van der Waals surface area contributed by atoms with E-state index in [2.05, 4.69) is 211 Å². The van der Waals surface area contributed by atoms with E-state index in [1.54, 1.807) is 0 Å². The van der Waals surface area contributed by atoms with Gasteiger partial charge in [-0.25, -0.2) is 15.0 Å². The molecule has 0 aliphatic rings. The number of aromatic nitrogens is 4. The maximum Gasteiger partial charge on any atom is 0.160 e. The maximum absolute atomic E-state index is 5.37. The van der Waals surface area contributed by atoms with Crippen molar-refractivity contribution >= 4 is 32.7 Å². The van der Waals surface area contributed by atoms with Crippen LogP contribution in [0.4, 0.5) is 0 Å². The summed E-state index contributed by atoms with van der Waals surface area (Å²) in [6.45, 7) is 0. The topological polar surface area (TPSA) is 43.6 Å². The van der Waals surface area contributed by atoms with Crippen LogP contribution in [0, 0.1) is 0 Å². The monoisotopic (exact) mass is 752 g/mol. The van der Waals surface area contributed by atoms with E-state index in [1.165, 1.54) is 10.9 Å². The second kappa shape index (κ2) is 14.5. The lowest BCUT2D eigenvalue weighted by molar-refractivity contribution is 1.18. The maximum atomic E-state index is 5.37. The van der Waals surface area contributed by atoms with Gasteiger partial charge in [0.1, 0.15) is 0 Å². The van der Waals surface area contributed by atoms with Crippen molar-refractivity contribution in [2.24, 2.45) is 0 Å². The number of hydrogen-bond acceptors (Lipinski definition) is 3. The number of benzene rings is 8. The van der Waals surface area contributed by atoms with Gasteiger partial charge in [-0.3, -0.25) is 0 Å². The second-order valence-corrected chi connectivity index (χ2v) is 14.8. The predicted octanol–water partition coefficient (Wildman–Crippen LogP) is 14.1. The van der Waals surface area contributed by atoms with Crippen molar-refractivity contribution in [3.8, 4) is 73.1 Å². The third-order valence-electron chi connectivity index (χ3n) is 11.2. The van der Waals surface area contributed by atoms with Crippen LogP contribution in [0.1, 0.15) is 0 Å². The molecule has 11 rings (SSSR count). The molecule has 0 fully saturated rings. The van der Waals surface area contributed by atoms with Gasteiger partial charge in [0.25, 0.3) is 0 Å². The second-order valence-electron chi connectivity index (χ2n) is 14.8. The predicted molar refractivity (Wildman–Crippen MR) is 244 cm³/mol. The molecule has 11 aromatic rings. The van der Waals surface area contributed by atoms with Gasteiger partial charge in [-0.05, 0) is 64.7 Å². The smallest absolute Gasteiger partial charge is 0.160 e. The third kappa shape index (κ3) is 6.24. The highest BCUT2D eigenvalue weighted by Crippen LogP contribution is 2.41. The number of rotatable bonds is 7. The molecule has 276 valence electrons. The SMILES string of the molecule is c1ccc(-c2cccc(-c3cc(-c4ccc(-c5nc6ccccc6c6c5c5ccccc5n6-c5ccccc5)cc4)nc(-c4cccc(-c5ccccc5)c4)n3)c2)cc1. The molecule has 0 saturated carbocycles. The molecular weight excluding hydrogens is 717 g/mol. The van der Waals surface area contributed by atoms with Gasteiger partial charge in [0.2, 0.25) is 0 Å². The van der Waals surface area contributed by atoms with Gasteiger partial charge in [0.05, 0.1) is 33.6 Å². The van der Waals surface area contributed by atoms with Crippen molar-refractivity contribution in [1.82, 2.24) is 19.5 Å². The standard InChI is InChI=1S/C55H36N4/c1-4-16-37(17-5-1)41-20-14-22-43(34-41)50-36-49(57-55(58-50)44-23-15-21-42(35-44)38-18-6-2-7-19-38)39-30-32-40(33-31-39)53-52-47-27-11-13-29-51(47)59(45-24-8-3-9-25-45)54(52)46-26-10-12-28-48(46)56-53/h1-36H. The largest absolute Gasteiger partial charge is 0.308 e. The molecule has 0 aliphatic heterocycles. The van der Waals surface area contributed by atoms with E-state index >= 15 is 0 Å². The van der Waals surface area contributed by atoms with Crippen molar-refractivity contribution in [2.45, 2.75) is 0 Å². The van der Waals surface area contributed by atoms with E-state index in [0.29, 0.717) is 5.82 Å². The molecule has 4 nitrogen and oxygen atoms in total. The minimum absolute atomic E-state index is 0.677. The first-order valence-electron chi connectivity index (χ1n) is 19.9. The fraction of sp³-hybridized carbons (Fsp3) is 0. The van der Waals surface area contributed by atoms with E-state index in [0.717, 1.165) is 89.0 Å². The molecule has 0 atom stereocenters. The highest BCUT2D eigenvalue weighted by atomic mass is 15.0. The summed E-state index contributed by atoms with van der Waals surface area (Å²) in [5.41, 5.74) is 15.7. The Labute approximate surface area is 342 Å². The quantitative estimate of drug-likeness (QED) is 0.163. The first-order valence-corrected chi connectivity index (χ1v) is 19.9. The van der Waals surface area contributed by atoms with Gasteiger partial charge in [-0.1, -0.05) is 176 Å². The van der Waals surface area contributed by atoms with Crippen LogP contribution in [0.25, 0.3) is 106 Å². The summed E-state index contributed by atoms with van der Waals surface area (Å²) < 4.78 is 2.38. The lowest BCUT2D eigenvalue weighted by Gasteiger charge is -2.13. The van der Waals surface area contributed by atoms with Gasteiger partial charge in [0, 0.05) is 44.1 Å². The minimum Gasteiger partial charge on any atom is -0.308 e. The number of fused-ring (bicyclic) bond motifs is 5. The zero-order valence-electron chi connectivity index (χ0n) is 32.1. The molecule has 0 radical (unpaired) electrons. The third-order valence-corrected chi connectivity index (χ3v) is 11.2. The van der Waals surface area contributed by atoms with E-state index in [9.17, 15) is 0 Å². The molecule has 8 aromatic carbocycles. The van der Waals surface area contributed by atoms with Crippen LogP contribution in [0.15, 0.2) is 218 Å². The van der Waals surface area contributed by atoms with Crippen molar-refractivity contribution in [2.75, 3.05) is 0 Å². The number of nitrogens with zero attached hydrogens (tertiary/aromatic N) is 4. The van der Waals surface area contributed by atoms with Crippen molar-refractivity contribution in [3.63, 3.8) is 0 Å². The molecule has 4 heteroatoms. The summed E-state index contributed by atoms with van der Waals surface area (Å²) in [5.74, 6) is 0.677. The summed E-state index contributed by atoms with van der Waals surface area (Å²) in [5, 5.41) is 3.43. The molecule has 59 heavy (non-hydrogen) atoms. The molecule has 0 bridgehead atoms. The molecule has 0 aliphatic carbocycles. The Balaban J connectivity index is 1.07. The van der Waals surface area contributed by atoms with Gasteiger partial charge in [0.15, 0.2) is 5.82 Å². The molecular formula is C55H36N4. The summed E-state index contributed by atoms with van der Waals surface area (Å²) in [6, 6.07) is 76.6. The fourth-order valence-electron chi connectivity index (χ4n) is 8.36. The van der Waals surface area contributed by atoms with Crippen LogP contribution >= 0.6 is 0 Å². The van der Waals surface area contributed by atoms with Gasteiger partial charge in [-0.15, -0.1) is 0 Å². The van der Waals surface area contributed by atoms with Gasteiger partial charge >= 0.3 is 0 Å². The van der Waals surface area contributed by atoms with Crippen molar-refractivity contribution < 1.29 is 0 Å². The Bertz CT molecular complexity index is 3200. The van der Waals surface area contributed by atoms with Crippen LogP contribution in [-0.2, 0) is 0 Å². The number of hydrogen-bond donors (Lipinski definition) is 0. The molecule has 0 N–H and O–H groups in total. The van der Waals surface area contributed by atoms with E-state index < -0.39 is 0 Å². The summed E-state index contributed by atoms with van der Waals surface area (Å²) in [7, 11) is 0. The Kier molecular flexibility index (Phi) is 8.45. The molecule has 0 saturated heterocycles. The Hall–Kier alpha value is -7.95. The summed E-state index contributed by atoms with van der Waals surface area (Å²) in [4.78, 5) is 15.9. The summed E-state index contributed by atoms with van der Waals surface area (Å²) in [6.07, 6.45) is 0. The van der Waals surface area contributed by atoms with E-state index in [4.69, 9.17) is 15.0 Å². The van der Waals surface area contributed by atoms with Crippen LogP contribution in [0.3, 0.4) is 0 Å². The lowest BCUT2D eigenvalue weighted by Crippen LogP contribution is -1.97. The number of para-hydroxylation sites is 3. The molecule has 0 spiro atoms. The molecule has 0 unspecified atom stereocenters. The fourth-order valence-corrected chi connectivity index (χ4v) is 8.36. The normalized spacial score (nSPS) is 11.4. The zero-order valence-corrected chi connectivity index (χ0v) is 32.1. The van der Waals surface area contributed by atoms with Crippen molar-refractivity contribution in [3.05, 3.63) is 218 Å². The van der Waals surface area contributed by atoms with Crippen LogP contribution in [-0.4, -0.2) is 19.5 Å². The molecule has 3 heterocycles. The first kappa shape index (κ1) is 34.3. The first-order chi connectivity index (χ1) is 29.2. The van der Waals surface area contributed by atoms with Crippen LogP contribution < -0.4 is 0 Å². The van der Waals surface area contributed by atoms with Crippen molar-refractivity contribution in [1.29, 1.82) is 0 Å². The van der Waals surface area contributed by atoms with E-state index in [1.807, 2.05) is 12.1 Å². The van der Waals surface area contributed by atoms with Crippen LogP contribution in [0.5, 0.6) is 0 Å². The Morgan fingerprint density at radius 2 is 0.831 bits per heavy atom. The zero-order chi connectivity index (χ0) is 39.1. The lowest BCUT2D eigenvalue weighted by atomic mass is 9.99. The Morgan fingerprint density at radius 3 is 1.53 bits per heavy atom. The average molecular weight is 753 g/mol. The average Bonchev–Trinajstić information content (AvgIpc) is 3.68. The molecule has 0 amide bonds. The van der Waals surface area contributed by atoms with Gasteiger partial charge < -0.3 is 4.57 Å². The highest BCUT2D eigenvalue weighted by molar-refractivity contribution is 6.22. The van der Waals surface area contributed by atoms with Gasteiger partial charge in [-0.2, -0.15) is 0 Å². The van der Waals surface area contributed by atoms with Crippen LogP contribution in [0.2, 0.25) is 0 Å². The summed E-state index contributed by atoms with van der Waals surface area (Å²) >= 11 is 0. The Morgan fingerprint density at radius 1 is 0.322 bits per heavy atom. The van der Waals surface area contributed by atoms with E-state index in [-0.39, 0.29) is 0 Å².